The third-order valence-electron chi connectivity index (χ3n) is 4.31. The van der Waals surface area contributed by atoms with E-state index < -0.39 is 10.0 Å². The molecule has 0 atom stereocenters. The molecule has 1 heterocycles. The van der Waals surface area contributed by atoms with E-state index in [2.05, 4.69) is 15.0 Å². The fourth-order valence-electron chi connectivity index (χ4n) is 2.66. The zero-order valence-electron chi connectivity index (χ0n) is 16.8. The van der Waals surface area contributed by atoms with Crippen molar-refractivity contribution in [2.75, 3.05) is 11.9 Å². The molecule has 2 aromatic carbocycles. The lowest BCUT2D eigenvalue weighted by Gasteiger charge is -2.03. The number of carbonyl (C=O) groups excluding carboxylic acids is 1. The lowest BCUT2D eigenvalue weighted by Crippen LogP contribution is -2.26. The molecule has 9 heteroatoms. The van der Waals surface area contributed by atoms with E-state index in [-0.39, 0.29) is 24.7 Å². The molecule has 1 amide bonds. The molecule has 0 saturated heterocycles. The highest BCUT2D eigenvalue weighted by Crippen LogP contribution is 2.22. The summed E-state index contributed by atoms with van der Waals surface area (Å²) in [5, 5.41) is 4.14. The van der Waals surface area contributed by atoms with Gasteiger partial charge < -0.3 is 5.32 Å². The van der Waals surface area contributed by atoms with Gasteiger partial charge in [0.25, 0.3) is 0 Å². The second kappa shape index (κ2) is 10.4. The van der Waals surface area contributed by atoms with Crippen molar-refractivity contribution in [2.24, 2.45) is 0 Å². The molecular weight excluding hydrogens is 437 g/mol. The summed E-state index contributed by atoms with van der Waals surface area (Å²) in [6.07, 6.45) is 3.60. The average molecular weight is 460 g/mol. The van der Waals surface area contributed by atoms with Crippen molar-refractivity contribution in [3.8, 4) is 0 Å². The topological polar surface area (TPSA) is 88.2 Å². The fourth-order valence-corrected chi connectivity index (χ4v) is 4.35. The fraction of sp³-hybridized carbons (Fsp3) is 0.182. The van der Waals surface area contributed by atoms with Crippen molar-refractivity contribution in [3.05, 3.63) is 87.5 Å². The van der Waals surface area contributed by atoms with Crippen molar-refractivity contribution >= 4 is 38.5 Å². The van der Waals surface area contributed by atoms with Crippen LogP contribution in [0.5, 0.6) is 0 Å². The van der Waals surface area contributed by atoms with Crippen LogP contribution in [0.2, 0.25) is 0 Å². The number of benzene rings is 2. The molecule has 0 aliphatic rings. The Morgan fingerprint density at radius 2 is 1.97 bits per heavy atom. The number of carbonyl (C=O) groups is 1. The molecule has 0 saturated carbocycles. The van der Waals surface area contributed by atoms with Gasteiger partial charge >= 0.3 is 0 Å². The van der Waals surface area contributed by atoms with Crippen LogP contribution >= 0.6 is 11.3 Å². The van der Waals surface area contributed by atoms with Crippen molar-refractivity contribution in [1.29, 1.82) is 0 Å². The number of sulfonamides is 1. The van der Waals surface area contributed by atoms with Crippen molar-refractivity contribution in [3.63, 3.8) is 0 Å². The third-order valence-corrected chi connectivity index (χ3v) is 6.32. The number of aryl methyl sites for hydroxylation is 1. The Kier molecular flexibility index (Phi) is 7.67. The molecule has 6 nitrogen and oxygen atoms in total. The van der Waals surface area contributed by atoms with Gasteiger partial charge in [0.1, 0.15) is 5.82 Å². The normalized spacial score (nSPS) is 11.7. The van der Waals surface area contributed by atoms with Gasteiger partial charge in [-0.15, -0.1) is 11.3 Å². The SMILES string of the molecule is Cc1ccc(Cc2cnc(NC(=O)CCNS(=O)(=O)/C=C/c3ccccc3)s2)cc1F. The number of hydrogen-bond donors (Lipinski definition) is 2. The summed E-state index contributed by atoms with van der Waals surface area (Å²) in [5.41, 5.74) is 2.17. The number of aromatic nitrogens is 1. The number of anilines is 1. The second-order valence-corrected chi connectivity index (χ2v) is 9.61. The molecule has 0 aliphatic heterocycles. The minimum atomic E-state index is -3.64. The Balaban J connectivity index is 1.45. The number of rotatable bonds is 9. The van der Waals surface area contributed by atoms with Gasteiger partial charge in [-0.25, -0.2) is 22.5 Å². The van der Waals surface area contributed by atoms with Gasteiger partial charge in [0.15, 0.2) is 5.13 Å². The van der Waals surface area contributed by atoms with Gasteiger partial charge in [-0.2, -0.15) is 0 Å². The van der Waals surface area contributed by atoms with Crippen molar-refractivity contribution < 1.29 is 17.6 Å². The van der Waals surface area contributed by atoms with E-state index in [0.29, 0.717) is 17.1 Å². The quantitative estimate of drug-likeness (QED) is 0.504. The highest BCUT2D eigenvalue weighted by Gasteiger charge is 2.10. The molecule has 2 N–H and O–H groups in total. The van der Waals surface area contributed by atoms with E-state index in [0.717, 1.165) is 21.4 Å². The first kappa shape index (κ1) is 22.8. The van der Waals surface area contributed by atoms with E-state index in [1.165, 1.54) is 23.5 Å². The molecule has 0 unspecified atom stereocenters. The minimum absolute atomic E-state index is 0.0313. The number of halogens is 1. The predicted molar refractivity (Wildman–Crippen MR) is 122 cm³/mol. The zero-order valence-corrected chi connectivity index (χ0v) is 18.5. The van der Waals surface area contributed by atoms with Crippen LogP contribution in [0.3, 0.4) is 0 Å². The molecule has 0 aliphatic carbocycles. The first-order valence-corrected chi connectivity index (χ1v) is 11.9. The van der Waals surface area contributed by atoms with Crippen LogP contribution in [0.4, 0.5) is 9.52 Å². The monoisotopic (exact) mass is 459 g/mol. The van der Waals surface area contributed by atoms with E-state index in [9.17, 15) is 17.6 Å². The van der Waals surface area contributed by atoms with E-state index in [4.69, 9.17) is 0 Å². The molecule has 31 heavy (non-hydrogen) atoms. The lowest BCUT2D eigenvalue weighted by atomic mass is 10.1. The molecule has 1 aromatic heterocycles. The maximum atomic E-state index is 13.7. The Labute approximate surface area is 184 Å². The number of amides is 1. The van der Waals surface area contributed by atoms with Crippen LogP contribution in [0.1, 0.15) is 28.0 Å². The minimum Gasteiger partial charge on any atom is -0.302 e. The number of nitrogens with one attached hydrogen (secondary N) is 2. The summed E-state index contributed by atoms with van der Waals surface area (Å²) in [6.45, 7) is 1.67. The van der Waals surface area contributed by atoms with Crippen molar-refractivity contribution in [2.45, 2.75) is 19.8 Å². The molecule has 3 rings (SSSR count). The summed E-state index contributed by atoms with van der Waals surface area (Å²) in [7, 11) is -3.64. The Morgan fingerprint density at radius 3 is 2.71 bits per heavy atom. The molecule has 162 valence electrons. The van der Waals surface area contributed by atoms with Crippen LogP contribution in [0.25, 0.3) is 6.08 Å². The molecule has 0 bridgehead atoms. The van der Waals surface area contributed by atoms with Gasteiger partial charge in [-0.1, -0.05) is 42.5 Å². The Bertz CT molecular complexity index is 1180. The summed E-state index contributed by atoms with van der Waals surface area (Å²) >= 11 is 1.30. The first-order chi connectivity index (χ1) is 14.8. The highest BCUT2D eigenvalue weighted by molar-refractivity contribution is 7.92. The van der Waals surface area contributed by atoms with Crippen LogP contribution in [0.15, 0.2) is 60.1 Å². The standard InChI is InChI=1S/C22H22FN3O3S2/c1-16-7-8-18(14-20(16)23)13-19-15-24-22(30-19)26-21(27)9-11-25-31(28,29)12-10-17-5-3-2-4-6-17/h2-8,10,12,14-15,25H,9,11,13H2,1H3,(H,24,26,27)/b12-10+. The summed E-state index contributed by atoms with van der Waals surface area (Å²) in [4.78, 5) is 17.1. The maximum Gasteiger partial charge on any atom is 0.233 e. The first-order valence-electron chi connectivity index (χ1n) is 9.53. The van der Waals surface area contributed by atoms with Gasteiger partial charge in [-0.05, 0) is 35.8 Å². The Morgan fingerprint density at radius 1 is 1.19 bits per heavy atom. The number of nitrogens with zero attached hydrogens (tertiary/aromatic N) is 1. The van der Waals surface area contributed by atoms with Crippen LogP contribution in [0, 0.1) is 12.7 Å². The van der Waals surface area contributed by atoms with Crippen LogP contribution < -0.4 is 10.0 Å². The molecule has 0 spiro atoms. The van der Waals surface area contributed by atoms with Gasteiger partial charge in [0.2, 0.25) is 15.9 Å². The summed E-state index contributed by atoms with van der Waals surface area (Å²) in [5.74, 6) is -0.603. The smallest absolute Gasteiger partial charge is 0.233 e. The lowest BCUT2D eigenvalue weighted by molar-refractivity contribution is -0.116. The summed E-state index contributed by atoms with van der Waals surface area (Å²) in [6, 6.07) is 14.1. The van der Waals surface area contributed by atoms with E-state index in [1.54, 1.807) is 31.3 Å². The van der Waals surface area contributed by atoms with E-state index in [1.807, 2.05) is 24.3 Å². The molecule has 0 radical (unpaired) electrons. The molecular formula is C22H22FN3O3S2. The highest BCUT2D eigenvalue weighted by atomic mass is 32.2. The third kappa shape index (κ3) is 7.39. The Hall–Kier alpha value is -2.88. The number of thiazole rings is 1. The zero-order chi connectivity index (χ0) is 22.3. The van der Waals surface area contributed by atoms with Gasteiger partial charge in [0, 0.05) is 35.9 Å². The van der Waals surface area contributed by atoms with E-state index >= 15 is 0 Å². The second-order valence-electron chi connectivity index (χ2n) is 6.84. The largest absolute Gasteiger partial charge is 0.302 e. The van der Waals surface area contributed by atoms with Gasteiger partial charge in [0.05, 0.1) is 0 Å². The van der Waals surface area contributed by atoms with Crippen LogP contribution in [-0.2, 0) is 21.2 Å². The molecule has 3 aromatic rings. The summed E-state index contributed by atoms with van der Waals surface area (Å²) < 4.78 is 40.0. The molecule has 0 fully saturated rings. The number of hydrogen-bond acceptors (Lipinski definition) is 5. The average Bonchev–Trinajstić information content (AvgIpc) is 3.16. The van der Waals surface area contributed by atoms with Gasteiger partial charge in [-0.3, -0.25) is 4.79 Å². The maximum absolute atomic E-state index is 13.7. The predicted octanol–water partition coefficient (Wildman–Crippen LogP) is 4.10. The van der Waals surface area contributed by atoms with Crippen molar-refractivity contribution in [1.82, 2.24) is 9.71 Å². The van der Waals surface area contributed by atoms with Crippen LogP contribution in [-0.4, -0.2) is 25.9 Å².